The van der Waals surface area contributed by atoms with E-state index in [4.69, 9.17) is 5.73 Å². The molecule has 1 aliphatic rings. The molecule has 86 valence electrons. The lowest BCUT2D eigenvalue weighted by Crippen LogP contribution is -2.12. The van der Waals surface area contributed by atoms with Gasteiger partial charge >= 0.3 is 0 Å². The van der Waals surface area contributed by atoms with E-state index in [1.54, 1.807) is 6.20 Å². The number of nitrogens with two attached hydrogens (primary N) is 1. The van der Waals surface area contributed by atoms with Crippen molar-refractivity contribution >= 4 is 39.0 Å². The van der Waals surface area contributed by atoms with E-state index in [-0.39, 0.29) is 5.91 Å². The highest BCUT2D eigenvalue weighted by Crippen LogP contribution is 2.36. The quantitative estimate of drug-likeness (QED) is 0.850. The number of nitrogens with zero attached hydrogens (tertiary/aromatic N) is 1. The number of nitrogen functional groups attached to an aromatic ring is 1. The number of fused-ring (bicyclic) bond motifs is 1. The van der Waals surface area contributed by atoms with E-state index in [2.05, 4.69) is 26.2 Å². The van der Waals surface area contributed by atoms with E-state index in [9.17, 15) is 4.79 Å². The molecule has 0 bridgehead atoms. The summed E-state index contributed by atoms with van der Waals surface area (Å²) in [6, 6.07) is 3.92. The summed E-state index contributed by atoms with van der Waals surface area (Å²) in [5.41, 5.74) is 7.75. The largest absolute Gasteiger partial charge is 0.383 e. The molecule has 0 spiro atoms. The Morgan fingerprint density at radius 1 is 1.47 bits per heavy atom. The first-order valence-electron chi connectivity index (χ1n) is 4.97. The molecule has 0 aromatic carbocycles. The third kappa shape index (κ3) is 1.73. The predicted octanol–water partition coefficient (Wildman–Crippen LogP) is 2.40. The van der Waals surface area contributed by atoms with Crippen molar-refractivity contribution in [2.24, 2.45) is 0 Å². The minimum atomic E-state index is -0.00206. The van der Waals surface area contributed by atoms with Crippen molar-refractivity contribution in [2.45, 2.75) is 6.54 Å². The van der Waals surface area contributed by atoms with Crippen LogP contribution in [-0.2, 0) is 6.54 Å². The number of aromatic nitrogens is 1. The number of hydrogen-bond donors (Lipinski definition) is 2. The lowest BCUT2D eigenvalue weighted by atomic mass is 10.2. The molecule has 2 aromatic rings. The lowest BCUT2D eigenvalue weighted by Gasteiger charge is -2.02. The average molecular weight is 310 g/mol. The van der Waals surface area contributed by atoms with Gasteiger partial charge in [-0.2, -0.15) is 0 Å². The third-order valence-electron chi connectivity index (χ3n) is 2.61. The molecule has 3 N–H and O–H groups in total. The van der Waals surface area contributed by atoms with Crippen LogP contribution >= 0.6 is 27.3 Å². The van der Waals surface area contributed by atoms with Crippen LogP contribution in [-0.4, -0.2) is 10.9 Å². The van der Waals surface area contributed by atoms with Gasteiger partial charge in [0.05, 0.1) is 4.88 Å². The van der Waals surface area contributed by atoms with Gasteiger partial charge < -0.3 is 11.1 Å². The molecule has 0 saturated carbocycles. The zero-order valence-corrected chi connectivity index (χ0v) is 11.1. The molecule has 17 heavy (non-hydrogen) atoms. The molecule has 1 amide bonds. The van der Waals surface area contributed by atoms with Crippen molar-refractivity contribution in [3.8, 4) is 10.4 Å². The third-order valence-corrected chi connectivity index (χ3v) is 4.25. The van der Waals surface area contributed by atoms with Gasteiger partial charge in [0.2, 0.25) is 0 Å². The highest BCUT2D eigenvalue weighted by molar-refractivity contribution is 9.10. The zero-order chi connectivity index (χ0) is 12.0. The van der Waals surface area contributed by atoms with Gasteiger partial charge in [0.1, 0.15) is 5.82 Å². The first-order valence-corrected chi connectivity index (χ1v) is 6.58. The van der Waals surface area contributed by atoms with E-state index in [1.165, 1.54) is 11.3 Å². The molecule has 0 saturated heterocycles. The van der Waals surface area contributed by atoms with Crippen LogP contribution in [0, 0.1) is 0 Å². The second-order valence-electron chi connectivity index (χ2n) is 3.73. The molecule has 6 heteroatoms. The summed E-state index contributed by atoms with van der Waals surface area (Å²) in [6.07, 6.45) is 1.66. The standard InChI is InChI=1S/C11H8BrN3OS/c12-6-2-7(10(13)14-4-6)8-1-5-3-15-11(16)9(5)17-8/h1-2,4H,3H2,(H2,13,14)(H,15,16). The Kier molecular flexibility index (Phi) is 2.41. The Bertz CT molecular complexity index is 623. The fourth-order valence-corrected chi connectivity index (χ4v) is 3.24. The molecule has 0 aliphatic carbocycles. The molecule has 2 aromatic heterocycles. The number of carbonyl (C=O) groups excluding carboxylic acids is 1. The summed E-state index contributed by atoms with van der Waals surface area (Å²) in [4.78, 5) is 17.4. The minimum Gasteiger partial charge on any atom is -0.383 e. The molecule has 0 radical (unpaired) electrons. The van der Waals surface area contributed by atoms with E-state index in [1.807, 2.05) is 12.1 Å². The van der Waals surface area contributed by atoms with Gasteiger partial charge in [-0.15, -0.1) is 11.3 Å². The second kappa shape index (κ2) is 3.82. The molecule has 0 atom stereocenters. The maximum Gasteiger partial charge on any atom is 0.261 e. The SMILES string of the molecule is Nc1ncc(Br)cc1-c1cc2c(s1)C(=O)NC2. The molecule has 0 fully saturated rings. The summed E-state index contributed by atoms with van der Waals surface area (Å²) in [5, 5.41) is 2.78. The number of anilines is 1. The Balaban J connectivity index is 2.13. The Morgan fingerprint density at radius 2 is 2.29 bits per heavy atom. The Hall–Kier alpha value is -1.40. The van der Waals surface area contributed by atoms with Gasteiger partial charge in [0.15, 0.2) is 0 Å². The molecular formula is C11H8BrN3OS. The van der Waals surface area contributed by atoms with Crippen molar-refractivity contribution in [3.63, 3.8) is 0 Å². The maximum atomic E-state index is 11.5. The normalized spacial score (nSPS) is 13.6. The van der Waals surface area contributed by atoms with Gasteiger partial charge in [0.25, 0.3) is 5.91 Å². The van der Waals surface area contributed by atoms with Gasteiger partial charge in [-0.1, -0.05) is 0 Å². The number of halogens is 1. The summed E-state index contributed by atoms with van der Waals surface area (Å²) in [6.45, 7) is 0.603. The van der Waals surface area contributed by atoms with Crippen LogP contribution in [0.2, 0.25) is 0 Å². The Morgan fingerprint density at radius 3 is 3.06 bits per heavy atom. The fourth-order valence-electron chi connectivity index (χ4n) is 1.79. The summed E-state index contributed by atoms with van der Waals surface area (Å²) >= 11 is 4.82. The molecule has 3 heterocycles. The highest BCUT2D eigenvalue weighted by atomic mass is 79.9. The van der Waals surface area contributed by atoms with E-state index >= 15 is 0 Å². The number of pyridine rings is 1. The fraction of sp³-hybridized carbons (Fsp3) is 0.0909. The first-order chi connectivity index (χ1) is 8.15. The van der Waals surface area contributed by atoms with Crippen molar-refractivity contribution < 1.29 is 4.79 Å². The first kappa shape index (κ1) is 10.7. The van der Waals surface area contributed by atoms with Crippen molar-refractivity contribution in [3.05, 3.63) is 33.2 Å². The molecular weight excluding hydrogens is 302 g/mol. The van der Waals surface area contributed by atoms with Crippen LogP contribution in [0.3, 0.4) is 0 Å². The summed E-state index contributed by atoms with van der Waals surface area (Å²) in [5.74, 6) is 0.478. The summed E-state index contributed by atoms with van der Waals surface area (Å²) in [7, 11) is 0. The zero-order valence-electron chi connectivity index (χ0n) is 8.66. The Labute approximate surface area is 110 Å². The monoisotopic (exact) mass is 309 g/mol. The van der Waals surface area contributed by atoms with Crippen molar-refractivity contribution in [2.75, 3.05) is 5.73 Å². The predicted molar refractivity (Wildman–Crippen MR) is 70.8 cm³/mol. The van der Waals surface area contributed by atoms with Gasteiger partial charge in [-0.05, 0) is 33.6 Å². The minimum absolute atomic E-state index is 0.00206. The van der Waals surface area contributed by atoms with Gasteiger partial charge in [-0.3, -0.25) is 4.79 Å². The average Bonchev–Trinajstić information content (AvgIpc) is 2.85. The van der Waals surface area contributed by atoms with Crippen molar-refractivity contribution in [1.29, 1.82) is 0 Å². The smallest absolute Gasteiger partial charge is 0.261 e. The molecule has 4 nitrogen and oxygen atoms in total. The number of carbonyl (C=O) groups is 1. The van der Waals surface area contributed by atoms with Crippen LogP contribution in [0.5, 0.6) is 0 Å². The van der Waals surface area contributed by atoms with Crippen LogP contribution in [0.15, 0.2) is 22.8 Å². The van der Waals surface area contributed by atoms with E-state index in [0.29, 0.717) is 12.4 Å². The van der Waals surface area contributed by atoms with Crippen LogP contribution in [0.4, 0.5) is 5.82 Å². The number of thiophene rings is 1. The topological polar surface area (TPSA) is 68.0 Å². The number of hydrogen-bond acceptors (Lipinski definition) is 4. The maximum absolute atomic E-state index is 11.5. The van der Waals surface area contributed by atoms with Crippen LogP contribution in [0.25, 0.3) is 10.4 Å². The molecule has 1 aliphatic heterocycles. The highest BCUT2D eigenvalue weighted by Gasteiger charge is 2.23. The van der Waals surface area contributed by atoms with E-state index in [0.717, 1.165) is 25.4 Å². The molecule has 0 unspecified atom stereocenters. The number of rotatable bonds is 1. The van der Waals surface area contributed by atoms with Gasteiger partial charge in [0, 0.05) is 27.7 Å². The van der Waals surface area contributed by atoms with E-state index < -0.39 is 0 Å². The van der Waals surface area contributed by atoms with Gasteiger partial charge in [-0.25, -0.2) is 4.98 Å². The number of amides is 1. The van der Waals surface area contributed by atoms with Crippen LogP contribution in [0.1, 0.15) is 15.2 Å². The number of nitrogens with one attached hydrogen (secondary N) is 1. The summed E-state index contributed by atoms with van der Waals surface area (Å²) < 4.78 is 0.875. The van der Waals surface area contributed by atoms with Crippen molar-refractivity contribution in [1.82, 2.24) is 10.3 Å². The molecule has 3 rings (SSSR count). The van der Waals surface area contributed by atoms with Crippen LogP contribution < -0.4 is 11.1 Å². The lowest BCUT2D eigenvalue weighted by molar-refractivity contribution is 0.0969. The second-order valence-corrected chi connectivity index (χ2v) is 5.70.